The Bertz CT molecular complexity index is 327. The van der Waals surface area contributed by atoms with E-state index in [4.69, 9.17) is 11.6 Å². The zero-order valence-electron chi connectivity index (χ0n) is 9.73. The maximum atomic E-state index is 9.74. The fourth-order valence-corrected chi connectivity index (χ4v) is 1.94. The van der Waals surface area contributed by atoms with Crippen molar-refractivity contribution >= 4 is 11.6 Å². The molecule has 3 unspecified atom stereocenters. The first-order valence-electron chi connectivity index (χ1n) is 5.66. The number of rotatable bonds is 5. The molecular formula is C13H19ClO2. The minimum Gasteiger partial charge on any atom is -0.390 e. The van der Waals surface area contributed by atoms with Gasteiger partial charge in [0, 0.05) is 5.02 Å². The number of benzene rings is 1. The van der Waals surface area contributed by atoms with Crippen LogP contribution in [0.15, 0.2) is 24.3 Å². The van der Waals surface area contributed by atoms with Crippen LogP contribution in [0.5, 0.6) is 0 Å². The molecule has 0 radical (unpaired) electrons. The highest BCUT2D eigenvalue weighted by atomic mass is 35.5. The predicted molar refractivity (Wildman–Crippen MR) is 66.8 cm³/mol. The molecule has 0 fully saturated rings. The van der Waals surface area contributed by atoms with Gasteiger partial charge in [-0.1, -0.05) is 37.6 Å². The molecule has 0 aromatic heterocycles. The molecule has 1 aromatic carbocycles. The van der Waals surface area contributed by atoms with Crippen molar-refractivity contribution in [1.82, 2.24) is 0 Å². The van der Waals surface area contributed by atoms with Crippen LogP contribution in [0.2, 0.25) is 5.02 Å². The Morgan fingerprint density at radius 3 is 2.50 bits per heavy atom. The molecule has 16 heavy (non-hydrogen) atoms. The molecule has 0 aliphatic heterocycles. The minimum absolute atomic E-state index is 0.190. The Hall–Kier alpha value is -0.570. The fourth-order valence-electron chi connectivity index (χ4n) is 1.74. The summed E-state index contributed by atoms with van der Waals surface area (Å²) in [6.45, 7) is 3.88. The average Bonchev–Trinajstić information content (AvgIpc) is 2.27. The van der Waals surface area contributed by atoms with Crippen LogP contribution in [0.4, 0.5) is 0 Å². The van der Waals surface area contributed by atoms with Gasteiger partial charge in [0.2, 0.25) is 0 Å². The number of hydrogen-bond acceptors (Lipinski definition) is 2. The molecule has 1 rings (SSSR count). The van der Waals surface area contributed by atoms with E-state index in [9.17, 15) is 10.2 Å². The van der Waals surface area contributed by atoms with Crippen molar-refractivity contribution in [2.24, 2.45) is 0 Å². The smallest absolute Gasteiger partial charge is 0.0804 e. The van der Waals surface area contributed by atoms with E-state index in [0.29, 0.717) is 17.9 Å². The van der Waals surface area contributed by atoms with E-state index in [2.05, 4.69) is 0 Å². The Labute approximate surface area is 102 Å². The molecular weight excluding hydrogens is 224 g/mol. The van der Waals surface area contributed by atoms with Crippen LogP contribution < -0.4 is 0 Å². The summed E-state index contributed by atoms with van der Waals surface area (Å²) in [7, 11) is 0. The second kappa shape index (κ2) is 6.24. The van der Waals surface area contributed by atoms with E-state index in [0.717, 1.165) is 5.56 Å². The van der Waals surface area contributed by atoms with E-state index in [1.165, 1.54) is 0 Å². The summed E-state index contributed by atoms with van der Waals surface area (Å²) in [6, 6.07) is 7.62. The third-order valence-corrected chi connectivity index (χ3v) is 3.11. The summed E-state index contributed by atoms with van der Waals surface area (Å²) in [4.78, 5) is 0. The Balaban J connectivity index is 2.61. The number of hydrogen-bond donors (Lipinski definition) is 2. The van der Waals surface area contributed by atoms with E-state index < -0.39 is 12.2 Å². The van der Waals surface area contributed by atoms with Gasteiger partial charge in [0.05, 0.1) is 12.2 Å². The Kier molecular flexibility index (Phi) is 5.26. The van der Waals surface area contributed by atoms with Crippen molar-refractivity contribution < 1.29 is 10.2 Å². The summed E-state index contributed by atoms with van der Waals surface area (Å²) in [6.07, 6.45) is -0.181. The summed E-state index contributed by atoms with van der Waals surface area (Å²) in [5, 5.41) is 19.9. The first-order valence-corrected chi connectivity index (χ1v) is 6.04. The molecule has 3 heteroatoms. The Morgan fingerprint density at radius 2 is 1.94 bits per heavy atom. The molecule has 3 atom stereocenters. The first kappa shape index (κ1) is 13.5. The highest BCUT2D eigenvalue weighted by molar-refractivity contribution is 6.30. The summed E-state index contributed by atoms with van der Waals surface area (Å²) < 4.78 is 0. The molecule has 0 aliphatic carbocycles. The van der Waals surface area contributed by atoms with E-state index in [1.54, 1.807) is 0 Å². The van der Waals surface area contributed by atoms with Gasteiger partial charge in [-0.2, -0.15) is 0 Å². The third kappa shape index (κ3) is 3.78. The molecule has 90 valence electrons. The van der Waals surface area contributed by atoms with Crippen molar-refractivity contribution in [3.8, 4) is 0 Å². The maximum absolute atomic E-state index is 9.74. The Morgan fingerprint density at radius 1 is 1.25 bits per heavy atom. The summed E-state index contributed by atoms with van der Waals surface area (Å²) >= 11 is 5.90. The van der Waals surface area contributed by atoms with Gasteiger partial charge in [-0.25, -0.2) is 0 Å². The molecule has 1 aromatic rings. The van der Waals surface area contributed by atoms with Gasteiger partial charge in [0.15, 0.2) is 0 Å². The quantitative estimate of drug-likeness (QED) is 0.834. The topological polar surface area (TPSA) is 40.5 Å². The van der Waals surface area contributed by atoms with Crippen LogP contribution in [-0.4, -0.2) is 22.4 Å². The lowest BCUT2D eigenvalue weighted by Gasteiger charge is -2.20. The van der Waals surface area contributed by atoms with Gasteiger partial charge >= 0.3 is 0 Å². The first-order chi connectivity index (χ1) is 7.54. The van der Waals surface area contributed by atoms with E-state index in [-0.39, 0.29) is 5.92 Å². The lowest BCUT2D eigenvalue weighted by atomic mass is 9.92. The van der Waals surface area contributed by atoms with Crippen molar-refractivity contribution in [3.05, 3.63) is 34.9 Å². The summed E-state index contributed by atoms with van der Waals surface area (Å²) in [5.41, 5.74) is 1.09. The van der Waals surface area contributed by atoms with Crippen molar-refractivity contribution in [1.29, 1.82) is 0 Å². The molecule has 2 nitrogen and oxygen atoms in total. The van der Waals surface area contributed by atoms with Crippen molar-refractivity contribution in [2.75, 3.05) is 0 Å². The van der Waals surface area contributed by atoms with Crippen LogP contribution in [0, 0.1) is 0 Å². The van der Waals surface area contributed by atoms with Crippen LogP contribution in [-0.2, 0) is 0 Å². The van der Waals surface area contributed by atoms with Crippen molar-refractivity contribution in [2.45, 2.75) is 44.8 Å². The van der Waals surface area contributed by atoms with Crippen LogP contribution in [0.3, 0.4) is 0 Å². The van der Waals surface area contributed by atoms with Crippen molar-refractivity contribution in [3.63, 3.8) is 0 Å². The van der Waals surface area contributed by atoms with Crippen LogP contribution >= 0.6 is 11.6 Å². The fraction of sp³-hybridized carbons (Fsp3) is 0.538. The van der Waals surface area contributed by atoms with Gasteiger partial charge in [-0.15, -0.1) is 0 Å². The minimum atomic E-state index is -0.668. The second-order valence-corrected chi connectivity index (χ2v) is 4.67. The SMILES string of the molecule is CCC(O)C(O)CC(C)c1cccc(Cl)c1. The lowest BCUT2D eigenvalue weighted by molar-refractivity contribution is 0.00953. The van der Waals surface area contributed by atoms with E-state index >= 15 is 0 Å². The molecule has 0 heterocycles. The third-order valence-electron chi connectivity index (χ3n) is 2.88. The standard InChI is InChI=1S/C13H19ClO2/c1-3-12(15)13(16)7-9(2)10-5-4-6-11(14)8-10/h4-6,8-9,12-13,15-16H,3,7H2,1-2H3. The molecule has 0 aliphatic rings. The van der Waals surface area contributed by atoms with Gasteiger partial charge in [-0.05, 0) is 36.5 Å². The number of aliphatic hydroxyl groups excluding tert-OH is 2. The molecule has 0 saturated carbocycles. The molecule has 0 saturated heterocycles. The molecule has 0 bridgehead atoms. The zero-order valence-corrected chi connectivity index (χ0v) is 10.5. The molecule has 0 spiro atoms. The predicted octanol–water partition coefficient (Wildman–Crippen LogP) is 2.97. The maximum Gasteiger partial charge on any atom is 0.0804 e. The van der Waals surface area contributed by atoms with E-state index in [1.807, 2.05) is 38.1 Å². The number of halogens is 1. The molecule has 2 N–H and O–H groups in total. The van der Waals surface area contributed by atoms with Gasteiger partial charge < -0.3 is 10.2 Å². The van der Waals surface area contributed by atoms with Crippen LogP contribution in [0.25, 0.3) is 0 Å². The van der Waals surface area contributed by atoms with Gasteiger partial charge in [-0.3, -0.25) is 0 Å². The van der Waals surface area contributed by atoms with Gasteiger partial charge in [0.25, 0.3) is 0 Å². The van der Waals surface area contributed by atoms with Crippen LogP contribution in [0.1, 0.15) is 38.2 Å². The average molecular weight is 243 g/mol. The highest BCUT2D eigenvalue weighted by Gasteiger charge is 2.18. The second-order valence-electron chi connectivity index (χ2n) is 4.23. The van der Waals surface area contributed by atoms with Gasteiger partial charge in [0.1, 0.15) is 0 Å². The highest BCUT2D eigenvalue weighted by Crippen LogP contribution is 2.24. The largest absolute Gasteiger partial charge is 0.390 e. The lowest BCUT2D eigenvalue weighted by Crippen LogP contribution is -2.26. The molecule has 0 amide bonds. The summed E-state index contributed by atoms with van der Waals surface area (Å²) in [5.74, 6) is 0.190. The number of aliphatic hydroxyl groups is 2. The monoisotopic (exact) mass is 242 g/mol. The zero-order chi connectivity index (χ0) is 12.1. The normalized spacial score (nSPS) is 16.8.